The van der Waals surface area contributed by atoms with Gasteiger partial charge in [0.2, 0.25) is 0 Å². The molecule has 0 aliphatic carbocycles. The van der Waals surface area contributed by atoms with E-state index in [0.29, 0.717) is 11.3 Å². The average molecular weight is 353 g/mol. The number of carbonyl (C=O) groups is 1. The van der Waals surface area contributed by atoms with Crippen molar-refractivity contribution in [3.8, 4) is 6.07 Å². The molecule has 1 N–H and O–H groups in total. The van der Waals surface area contributed by atoms with E-state index in [2.05, 4.69) is 10.3 Å². The van der Waals surface area contributed by atoms with Crippen LogP contribution in [0.1, 0.15) is 22.8 Å². The van der Waals surface area contributed by atoms with Gasteiger partial charge in [0.25, 0.3) is 0 Å². The lowest BCUT2D eigenvalue weighted by atomic mass is 10.1. The maximum Gasteiger partial charge on any atom is 0.341 e. The SMILES string of the molecule is CCOC(=O)c1cnc2c(F)ccc(F)c2c1Nc1cccc(C#N)c1. The molecule has 3 rings (SSSR count). The first kappa shape index (κ1) is 17.3. The summed E-state index contributed by atoms with van der Waals surface area (Å²) in [4.78, 5) is 16.1. The van der Waals surface area contributed by atoms with Gasteiger partial charge in [-0.05, 0) is 37.3 Å². The van der Waals surface area contributed by atoms with Crippen molar-refractivity contribution in [3.05, 3.63) is 65.4 Å². The summed E-state index contributed by atoms with van der Waals surface area (Å²) >= 11 is 0. The van der Waals surface area contributed by atoms with Crippen molar-refractivity contribution >= 4 is 28.2 Å². The fourth-order valence-corrected chi connectivity index (χ4v) is 2.54. The molecule has 3 aromatic rings. The van der Waals surface area contributed by atoms with Gasteiger partial charge in [0.05, 0.1) is 29.3 Å². The molecule has 1 aromatic heterocycles. The number of carbonyl (C=O) groups excluding carboxylic acids is 1. The molecule has 7 heteroatoms. The number of benzene rings is 2. The van der Waals surface area contributed by atoms with Gasteiger partial charge in [0.1, 0.15) is 22.7 Å². The van der Waals surface area contributed by atoms with E-state index in [1.54, 1.807) is 25.1 Å². The Morgan fingerprint density at radius 3 is 2.77 bits per heavy atom. The highest BCUT2D eigenvalue weighted by Gasteiger charge is 2.21. The molecule has 0 saturated heterocycles. The highest BCUT2D eigenvalue weighted by Crippen LogP contribution is 2.33. The van der Waals surface area contributed by atoms with Crippen molar-refractivity contribution in [3.63, 3.8) is 0 Å². The molecule has 0 amide bonds. The predicted molar refractivity (Wildman–Crippen MR) is 92.1 cm³/mol. The summed E-state index contributed by atoms with van der Waals surface area (Å²) in [5, 5.41) is 11.8. The molecule has 0 radical (unpaired) electrons. The minimum atomic E-state index is -0.737. The summed E-state index contributed by atoms with van der Waals surface area (Å²) < 4.78 is 33.5. The lowest BCUT2D eigenvalue weighted by molar-refractivity contribution is 0.0527. The highest BCUT2D eigenvalue weighted by atomic mass is 19.1. The highest BCUT2D eigenvalue weighted by molar-refractivity contribution is 6.06. The van der Waals surface area contributed by atoms with E-state index < -0.39 is 17.6 Å². The number of nitriles is 1. The van der Waals surface area contributed by atoms with Gasteiger partial charge in [-0.25, -0.2) is 13.6 Å². The van der Waals surface area contributed by atoms with E-state index in [9.17, 15) is 13.6 Å². The second kappa shape index (κ2) is 7.15. The van der Waals surface area contributed by atoms with Crippen molar-refractivity contribution in [2.24, 2.45) is 0 Å². The molecule has 0 bridgehead atoms. The standard InChI is InChI=1S/C19H13F2N3O2/c1-2-26-19(25)13-10-23-18-15(21)7-6-14(20)16(18)17(13)24-12-5-3-4-11(8-12)9-22/h3-8,10H,2H2,1H3,(H,23,24). The van der Waals surface area contributed by atoms with Gasteiger partial charge >= 0.3 is 5.97 Å². The summed E-state index contributed by atoms with van der Waals surface area (Å²) in [6, 6.07) is 10.3. The number of fused-ring (bicyclic) bond motifs is 1. The maximum absolute atomic E-state index is 14.5. The monoisotopic (exact) mass is 353 g/mol. The van der Waals surface area contributed by atoms with Gasteiger partial charge in [-0.2, -0.15) is 5.26 Å². The Morgan fingerprint density at radius 2 is 2.04 bits per heavy atom. The second-order valence-electron chi connectivity index (χ2n) is 5.34. The number of nitrogens with one attached hydrogen (secondary N) is 1. The van der Waals surface area contributed by atoms with Crippen molar-refractivity contribution < 1.29 is 18.3 Å². The van der Waals surface area contributed by atoms with Crippen LogP contribution in [0.4, 0.5) is 20.2 Å². The van der Waals surface area contributed by atoms with Crippen LogP contribution in [0, 0.1) is 23.0 Å². The lowest BCUT2D eigenvalue weighted by Gasteiger charge is -2.15. The summed E-state index contributed by atoms with van der Waals surface area (Å²) in [6.07, 6.45) is 1.14. The number of rotatable bonds is 4. The van der Waals surface area contributed by atoms with Crippen molar-refractivity contribution in [2.75, 3.05) is 11.9 Å². The molecule has 0 spiro atoms. The second-order valence-corrected chi connectivity index (χ2v) is 5.34. The predicted octanol–water partition coefficient (Wildman–Crippen LogP) is 4.30. The molecule has 0 saturated carbocycles. The summed E-state index contributed by atoms with van der Waals surface area (Å²) in [5.74, 6) is -2.17. The van der Waals surface area contributed by atoms with E-state index in [1.165, 1.54) is 6.07 Å². The number of pyridine rings is 1. The van der Waals surface area contributed by atoms with Crippen molar-refractivity contribution in [2.45, 2.75) is 6.92 Å². The van der Waals surface area contributed by atoms with Crippen LogP contribution in [-0.2, 0) is 4.74 Å². The van der Waals surface area contributed by atoms with E-state index >= 15 is 0 Å². The van der Waals surface area contributed by atoms with Gasteiger partial charge in [-0.1, -0.05) is 6.07 Å². The molecule has 0 unspecified atom stereocenters. The number of aromatic nitrogens is 1. The van der Waals surface area contributed by atoms with E-state index in [0.717, 1.165) is 18.3 Å². The number of anilines is 2. The summed E-state index contributed by atoms with van der Waals surface area (Å²) in [5.41, 5.74) is 0.590. The van der Waals surface area contributed by atoms with Crippen LogP contribution in [0.3, 0.4) is 0 Å². The molecule has 130 valence electrons. The Kier molecular flexibility index (Phi) is 4.76. The zero-order valence-corrected chi connectivity index (χ0v) is 13.7. The fourth-order valence-electron chi connectivity index (χ4n) is 2.54. The van der Waals surface area contributed by atoms with Gasteiger partial charge < -0.3 is 10.1 Å². The quantitative estimate of drug-likeness (QED) is 0.708. The van der Waals surface area contributed by atoms with Crippen LogP contribution >= 0.6 is 0 Å². The summed E-state index contributed by atoms with van der Waals surface area (Å²) in [7, 11) is 0. The zero-order chi connectivity index (χ0) is 18.7. The molecule has 0 aliphatic heterocycles. The Morgan fingerprint density at radius 1 is 1.27 bits per heavy atom. The Labute approximate surface area is 147 Å². The topological polar surface area (TPSA) is 75.0 Å². The molecular formula is C19H13F2N3O2. The van der Waals surface area contributed by atoms with Crippen LogP contribution in [0.2, 0.25) is 0 Å². The number of ether oxygens (including phenoxy) is 1. The van der Waals surface area contributed by atoms with Gasteiger partial charge in [-0.3, -0.25) is 4.98 Å². The number of hydrogen-bond acceptors (Lipinski definition) is 5. The first-order valence-corrected chi connectivity index (χ1v) is 7.76. The minimum absolute atomic E-state index is 0.0283. The third-order valence-electron chi connectivity index (χ3n) is 3.68. The van der Waals surface area contributed by atoms with Crippen LogP contribution in [0.5, 0.6) is 0 Å². The minimum Gasteiger partial charge on any atom is -0.462 e. The zero-order valence-electron chi connectivity index (χ0n) is 13.7. The smallest absolute Gasteiger partial charge is 0.341 e. The van der Waals surface area contributed by atoms with Gasteiger partial charge in [0, 0.05) is 11.9 Å². The first-order valence-electron chi connectivity index (χ1n) is 7.76. The number of halogens is 2. The first-order chi connectivity index (χ1) is 12.5. The van der Waals surface area contributed by atoms with E-state index in [-0.39, 0.29) is 28.8 Å². The number of hydrogen-bond donors (Lipinski definition) is 1. The van der Waals surface area contributed by atoms with Gasteiger partial charge in [-0.15, -0.1) is 0 Å². The number of nitrogens with zero attached hydrogens (tertiary/aromatic N) is 2. The normalized spacial score (nSPS) is 10.4. The molecule has 5 nitrogen and oxygen atoms in total. The molecular weight excluding hydrogens is 340 g/mol. The van der Waals surface area contributed by atoms with Crippen molar-refractivity contribution in [1.29, 1.82) is 5.26 Å². The Hall–Kier alpha value is -3.53. The number of esters is 1. The van der Waals surface area contributed by atoms with Crippen molar-refractivity contribution in [1.82, 2.24) is 4.98 Å². The fraction of sp³-hybridized carbons (Fsp3) is 0.105. The lowest BCUT2D eigenvalue weighted by Crippen LogP contribution is -2.10. The molecule has 0 atom stereocenters. The largest absolute Gasteiger partial charge is 0.462 e. The Balaban J connectivity index is 2.24. The molecule has 0 aliphatic rings. The molecule has 0 fully saturated rings. The third kappa shape index (κ3) is 3.17. The van der Waals surface area contributed by atoms with Crippen LogP contribution in [0.25, 0.3) is 10.9 Å². The molecule has 26 heavy (non-hydrogen) atoms. The van der Waals surface area contributed by atoms with Crippen LogP contribution in [-0.4, -0.2) is 17.6 Å². The molecule has 1 heterocycles. The van der Waals surface area contributed by atoms with E-state index in [1.807, 2.05) is 6.07 Å². The maximum atomic E-state index is 14.5. The van der Waals surface area contributed by atoms with E-state index in [4.69, 9.17) is 10.00 Å². The van der Waals surface area contributed by atoms with Crippen LogP contribution < -0.4 is 5.32 Å². The van der Waals surface area contributed by atoms with Crippen LogP contribution in [0.15, 0.2) is 42.6 Å². The average Bonchev–Trinajstić information content (AvgIpc) is 2.65. The third-order valence-corrected chi connectivity index (χ3v) is 3.68. The molecule has 2 aromatic carbocycles. The summed E-state index contributed by atoms with van der Waals surface area (Å²) in [6.45, 7) is 1.75. The Bertz CT molecular complexity index is 1040. The van der Waals surface area contributed by atoms with Gasteiger partial charge in [0.15, 0.2) is 0 Å².